The second-order valence-corrected chi connectivity index (χ2v) is 5.68. The van der Waals surface area contributed by atoms with E-state index < -0.39 is 5.60 Å². The van der Waals surface area contributed by atoms with E-state index in [4.69, 9.17) is 17.3 Å². The van der Waals surface area contributed by atoms with Crippen LogP contribution in [0.15, 0.2) is 18.2 Å². The van der Waals surface area contributed by atoms with E-state index in [-0.39, 0.29) is 12.5 Å². The Morgan fingerprint density at radius 3 is 2.68 bits per heavy atom. The van der Waals surface area contributed by atoms with Crippen LogP contribution >= 0.6 is 11.6 Å². The number of anilines is 2. The predicted molar refractivity (Wildman–Crippen MR) is 78.3 cm³/mol. The molecule has 19 heavy (non-hydrogen) atoms. The molecule has 0 aliphatic rings. The summed E-state index contributed by atoms with van der Waals surface area (Å²) in [5, 5.41) is 12.8. The highest BCUT2D eigenvalue weighted by atomic mass is 35.5. The molecule has 0 aromatic heterocycles. The predicted octanol–water partition coefficient (Wildman–Crippen LogP) is 1.56. The molecule has 0 saturated heterocycles. The Kier molecular flexibility index (Phi) is 5.17. The summed E-state index contributed by atoms with van der Waals surface area (Å²) in [6.07, 6.45) is 0. The fourth-order valence-corrected chi connectivity index (χ4v) is 1.90. The van der Waals surface area contributed by atoms with Crippen molar-refractivity contribution in [3.8, 4) is 0 Å². The number of hydrogen-bond acceptors (Lipinski definition) is 4. The first-order valence-electron chi connectivity index (χ1n) is 5.93. The van der Waals surface area contributed by atoms with Crippen LogP contribution in [0.3, 0.4) is 0 Å². The number of nitrogen functional groups attached to an aromatic ring is 1. The molecular formula is C13H20ClN3O2. The van der Waals surface area contributed by atoms with Gasteiger partial charge in [0.25, 0.3) is 0 Å². The summed E-state index contributed by atoms with van der Waals surface area (Å²) in [7, 11) is 1.77. The Morgan fingerprint density at radius 1 is 1.53 bits per heavy atom. The zero-order valence-corrected chi connectivity index (χ0v) is 12.2. The standard InChI is InChI=1S/C13H20ClN3O2/c1-13(2,19)8-17(3)7-12(18)16-9-4-5-10(14)11(15)6-9/h4-6,19H,7-8,15H2,1-3H3,(H,16,18). The molecule has 1 aromatic rings. The van der Waals surface area contributed by atoms with Gasteiger partial charge in [-0.05, 0) is 39.1 Å². The Bertz CT molecular complexity index is 458. The van der Waals surface area contributed by atoms with Crippen molar-refractivity contribution >= 4 is 28.9 Å². The molecule has 0 unspecified atom stereocenters. The quantitative estimate of drug-likeness (QED) is 0.718. The molecule has 0 aliphatic heterocycles. The normalized spacial score (nSPS) is 11.7. The topological polar surface area (TPSA) is 78.6 Å². The van der Waals surface area contributed by atoms with E-state index in [9.17, 15) is 9.90 Å². The Balaban J connectivity index is 2.53. The average molecular weight is 286 g/mol. The molecule has 1 rings (SSSR count). The van der Waals surface area contributed by atoms with E-state index in [1.54, 1.807) is 44.0 Å². The maximum atomic E-state index is 11.8. The minimum absolute atomic E-state index is 0.173. The van der Waals surface area contributed by atoms with Gasteiger partial charge in [-0.25, -0.2) is 0 Å². The van der Waals surface area contributed by atoms with Crippen molar-refractivity contribution in [2.75, 3.05) is 31.2 Å². The number of carbonyl (C=O) groups is 1. The number of carbonyl (C=O) groups excluding carboxylic acids is 1. The molecule has 1 aromatic carbocycles. The summed E-state index contributed by atoms with van der Waals surface area (Å²) in [4.78, 5) is 13.5. The molecule has 6 heteroatoms. The fraction of sp³-hybridized carbons (Fsp3) is 0.462. The summed E-state index contributed by atoms with van der Waals surface area (Å²) < 4.78 is 0. The third-order valence-electron chi connectivity index (χ3n) is 2.35. The van der Waals surface area contributed by atoms with E-state index in [0.29, 0.717) is 22.9 Å². The van der Waals surface area contributed by atoms with Crippen LogP contribution in [-0.4, -0.2) is 41.7 Å². The van der Waals surface area contributed by atoms with Gasteiger partial charge in [-0.1, -0.05) is 11.6 Å². The molecule has 0 radical (unpaired) electrons. The highest BCUT2D eigenvalue weighted by Gasteiger charge is 2.17. The van der Waals surface area contributed by atoms with Gasteiger partial charge in [0.2, 0.25) is 5.91 Å². The fourth-order valence-electron chi connectivity index (χ4n) is 1.78. The largest absolute Gasteiger partial charge is 0.397 e. The Hall–Kier alpha value is -1.30. The first-order valence-corrected chi connectivity index (χ1v) is 6.31. The van der Waals surface area contributed by atoms with Crippen LogP contribution in [0, 0.1) is 0 Å². The molecule has 0 aliphatic carbocycles. The molecule has 0 fully saturated rings. The minimum Gasteiger partial charge on any atom is -0.397 e. The van der Waals surface area contributed by atoms with Crippen molar-refractivity contribution in [1.82, 2.24) is 4.90 Å². The van der Waals surface area contributed by atoms with Crippen LogP contribution in [0.25, 0.3) is 0 Å². The first kappa shape index (κ1) is 15.8. The molecule has 0 heterocycles. The molecule has 5 nitrogen and oxygen atoms in total. The molecule has 0 spiro atoms. The molecule has 0 bridgehead atoms. The SMILES string of the molecule is CN(CC(=O)Nc1ccc(Cl)c(N)c1)CC(C)(C)O. The monoisotopic (exact) mass is 285 g/mol. The van der Waals surface area contributed by atoms with Crippen molar-refractivity contribution in [2.45, 2.75) is 19.4 Å². The molecule has 0 atom stereocenters. The minimum atomic E-state index is -0.834. The second-order valence-electron chi connectivity index (χ2n) is 5.27. The molecule has 1 amide bonds. The summed E-state index contributed by atoms with van der Waals surface area (Å²) in [6, 6.07) is 4.93. The van der Waals surface area contributed by atoms with Gasteiger partial charge >= 0.3 is 0 Å². The van der Waals surface area contributed by atoms with Crippen LogP contribution in [0.1, 0.15) is 13.8 Å². The van der Waals surface area contributed by atoms with Gasteiger partial charge in [0.05, 0.1) is 22.9 Å². The maximum Gasteiger partial charge on any atom is 0.238 e. The van der Waals surface area contributed by atoms with E-state index in [1.165, 1.54) is 0 Å². The number of nitrogens with one attached hydrogen (secondary N) is 1. The van der Waals surface area contributed by atoms with Crippen LogP contribution < -0.4 is 11.1 Å². The third-order valence-corrected chi connectivity index (χ3v) is 2.69. The van der Waals surface area contributed by atoms with Crippen molar-refractivity contribution < 1.29 is 9.90 Å². The van der Waals surface area contributed by atoms with Crippen LogP contribution in [0.4, 0.5) is 11.4 Å². The third kappa shape index (κ3) is 5.92. The van der Waals surface area contributed by atoms with Gasteiger partial charge in [-0.15, -0.1) is 0 Å². The number of aliphatic hydroxyl groups is 1. The number of benzene rings is 1. The number of hydrogen-bond donors (Lipinski definition) is 3. The summed E-state index contributed by atoms with van der Waals surface area (Å²) in [5.74, 6) is -0.173. The summed E-state index contributed by atoms with van der Waals surface area (Å²) in [5.41, 5.74) is 5.84. The number of rotatable bonds is 5. The molecular weight excluding hydrogens is 266 g/mol. The lowest BCUT2D eigenvalue weighted by Crippen LogP contribution is -2.40. The Labute approximate surface area is 118 Å². The lowest BCUT2D eigenvalue weighted by atomic mass is 10.1. The average Bonchev–Trinajstić information content (AvgIpc) is 2.20. The smallest absolute Gasteiger partial charge is 0.238 e. The zero-order chi connectivity index (χ0) is 14.6. The van der Waals surface area contributed by atoms with Gasteiger partial charge in [0, 0.05) is 12.2 Å². The molecule has 106 valence electrons. The van der Waals surface area contributed by atoms with Gasteiger partial charge in [-0.3, -0.25) is 9.69 Å². The number of likely N-dealkylation sites (N-methyl/N-ethyl adjacent to an activating group) is 1. The van der Waals surface area contributed by atoms with Crippen LogP contribution in [0.2, 0.25) is 5.02 Å². The summed E-state index contributed by atoms with van der Waals surface area (Å²) >= 11 is 5.80. The lowest BCUT2D eigenvalue weighted by Gasteiger charge is -2.24. The van der Waals surface area contributed by atoms with Gasteiger partial charge in [0.1, 0.15) is 0 Å². The number of nitrogens with zero attached hydrogens (tertiary/aromatic N) is 1. The first-order chi connectivity index (χ1) is 8.67. The second kappa shape index (κ2) is 6.23. The van der Waals surface area contributed by atoms with Crippen LogP contribution in [-0.2, 0) is 4.79 Å². The van der Waals surface area contributed by atoms with Gasteiger partial charge in [-0.2, -0.15) is 0 Å². The maximum absolute atomic E-state index is 11.8. The Morgan fingerprint density at radius 2 is 2.16 bits per heavy atom. The number of amides is 1. The van der Waals surface area contributed by atoms with Gasteiger partial charge in [0.15, 0.2) is 0 Å². The van der Waals surface area contributed by atoms with Crippen molar-refractivity contribution in [3.63, 3.8) is 0 Å². The number of halogens is 1. The highest BCUT2D eigenvalue weighted by Crippen LogP contribution is 2.22. The van der Waals surface area contributed by atoms with E-state index in [0.717, 1.165) is 0 Å². The number of nitrogens with two attached hydrogens (primary N) is 1. The molecule has 4 N–H and O–H groups in total. The lowest BCUT2D eigenvalue weighted by molar-refractivity contribution is -0.117. The van der Waals surface area contributed by atoms with Crippen molar-refractivity contribution in [1.29, 1.82) is 0 Å². The van der Waals surface area contributed by atoms with Crippen molar-refractivity contribution in [3.05, 3.63) is 23.2 Å². The summed E-state index contributed by atoms with van der Waals surface area (Å²) in [6.45, 7) is 3.98. The zero-order valence-electron chi connectivity index (χ0n) is 11.4. The molecule has 0 saturated carbocycles. The van der Waals surface area contributed by atoms with Crippen molar-refractivity contribution in [2.24, 2.45) is 0 Å². The highest BCUT2D eigenvalue weighted by molar-refractivity contribution is 6.33. The van der Waals surface area contributed by atoms with E-state index in [1.807, 2.05) is 0 Å². The van der Waals surface area contributed by atoms with Gasteiger partial charge < -0.3 is 16.2 Å². The van der Waals surface area contributed by atoms with E-state index in [2.05, 4.69) is 5.32 Å². The van der Waals surface area contributed by atoms with Crippen LogP contribution in [0.5, 0.6) is 0 Å². The van der Waals surface area contributed by atoms with E-state index >= 15 is 0 Å².